The van der Waals surface area contributed by atoms with Crippen LogP contribution in [0.5, 0.6) is 0 Å². The topological polar surface area (TPSA) is 54.7 Å². The lowest BCUT2D eigenvalue weighted by atomic mass is 10.1. The lowest BCUT2D eigenvalue weighted by molar-refractivity contribution is 0.0265. The first-order valence-electron chi connectivity index (χ1n) is 7.32. The van der Waals surface area contributed by atoms with Gasteiger partial charge in [-0.15, -0.1) is 0 Å². The predicted octanol–water partition coefficient (Wildman–Crippen LogP) is 2.94. The maximum Gasteiger partial charge on any atom is 0.410 e. The van der Waals surface area contributed by atoms with E-state index in [2.05, 4.69) is 11.4 Å². The van der Waals surface area contributed by atoms with Crippen LogP contribution in [0.2, 0.25) is 0 Å². The third-order valence-electron chi connectivity index (χ3n) is 3.22. The summed E-state index contributed by atoms with van der Waals surface area (Å²) in [5.74, 6) is 0. The number of nitrogens with zero attached hydrogens (tertiary/aromatic N) is 1. The molecule has 0 unspecified atom stereocenters. The van der Waals surface area contributed by atoms with E-state index in [0.717, 1.165) is 25.1 Å². The van der Waals surface area contributed by atoms with Gasteiger partial charge in [0.1, 0.15) is 5.60 Å². The van der Waals surface area contributed by atoms with Crippen molar-refractivity contribution in [3.8, 4) is 0 Å². The Labute approximate surface area is 125 Å². The SMILES string of the molecule is CC(C)(C)OC(=O)N1CC=C(CNCc2ccoc2)CC1. The van der Waals surface area contributed by atoms with Crippen LogP contribution in [0, 0.1) is 0 Å². The molecule has 116 valence electrons. The zero-order chi connectivity index (χ0) is 15.3. The van der Waals surface area contributed by atoms with Gasteiger partial charge in [0.25, 0.3) is 0 Å². The molecule has 1 aliphatic heterocycles. The molecule has 5 heteroatoms. The molecule has 0 saturated heterocycles. The fourth-order valence-electron chi connectivity index (χ4n) is 2.12. The summed E-state index contributed by atoms with van der Waals surface area (Å²) >= 11 is 0. The Kier molecular flexibility index (Phi) is 5.07. The highest BCUT2D eigenvalue weighted by molar-refractivity contribution is 5.68. The quantitative estimate of drug-likeness (QED) is 0.867. The van der Waals surface area contributed by atoms with E-state index in [4.69, 9.17) is 9.15 Å². The summed E-state index contributed by atoms with van der Waals surface area (Å²) in [5, 5.41) is 3.38. The van der Waals surface area contributed by atoms with Gasteiger partial charge in [-0.3, -0.25) is 0 Å². The first kappa shape index (κ1) is 15.6. The maximum atomic E-state index is 11.9. The Morgan fingerprint density at radius 2 is 2.24 bits per heavy atom. The van der Waals surface area contributed by atoms with Crippen molar-refractivity contribution in [3.05, 3.63) is 35.8 Å². The first-order valence-corrected chi connectivity index (χ1v) is 7.32. The molecule has 21 heavy (non-hydrogen) atoms. The van der Waals surface area contributed by atoms with Gasteiger partial charge in [-0.25, -0.2) is 4.79 Å². The van der Waals surface area contributed by atoms with Gasteiger partial charge in [-0.1, -0.05) is 11.6 Å². The summed E-state index contributed by atoms with van der Waals surface area (Å²) in [4.78, 5) is 13.7. The second-order valence-corrected chi connectivity index (χ2v) is 6.27. The number of furan rings is 1. The second kappa shape index (κ2) is 6.80. The molecule has 1 aliphatic rings. The lowest BCUT2D eigenvalue weighted by Crippen LogP contribution is -2.39. The smallest absolute Gasteiger partial charge is 0.410 e. The number of nitrogens with one attached hydrogen (secondary N) is 1. The van der Waals surface area contributed by atoms with Crippen molar-refractivity contribution in [2.24, 2.45) is 0 Å². The largest absolute Gasteiger partial charge is 0.472 e. The highest BCUT2D eigenvalue weighted by atomic mass is 16.6. The zero-order valence-corrected chi connectivity index (χ0v) is 13.0. The molecule has 1 N–H and O–H groups in total. The van der Waals surface area contributed by atoms with Gasteiger partial charge in [0.05, 0.1) is 12.5 Å². The summed E-state index contributed by atoms with van der Waals surface area (Å²) in [6.07, 6.45) is 6.18. The number of ether oxygens (including phenoxy) is 1. The van der Waals surface area contributed by atoms with Crippen LogP contribution >= 0.6 is 0 Å². The third kappa shape index (κ3) is 5.27. The molecule has 1 amide bonds. The summed E-state index contributed by atoms with van der Waals surface area (Å²) in [7, 11) is 0. The van der Waals surface area contributed by atoms with Gasteiger partial charge in [0, 0.05) is 31.7 Å². The Bertz CT molecular complexity index is 486. The lowest BCUT2D eigenvalue weighted by Gasteiger charge is -2.29. The number of rotatable bonds is 4. The maximum absolute atomic E-state index is 11.9. The van der Waals surface area contributed by atoms with Crippen LogP contribution in [-0.2, 0) is 11.3 Å². The second-order valence-electron chi connectivity index (χ2n) is 6.27. The first-order chi connectivity index (χ1) is 9.94. The molecule has 1 aromatic heterocycles. The molecule has 0 bridgehead atoms. The van der Waals surface area contributed by atoms with Crippen LogP contribution in [0.25, 0.3) is 0 Å². The highest BCUT2D eigenvalue weighted by Gasteiger charge is 2.23. The Morgan fingerprint density at radius 1 is 1.43 bits per heavy atom. The molecule has 0 saturated carbocycles. The van der Waals surface area contributed by atoms with E-state index < -0.39 is 5.60 Å². The molecule has 2 rings (SSSR count). The number of hydrogen-bond acceptors (Lipinski definition) is 4. The molecular weight excluding hydrogens is 268 g/mol. The van der Waals surface area contributed by atoms with Crippen LogP contribution in [0.1, 0.15) is 32.8 Å². The summed E-state index contributed by atoms with van der Waals surface area (Å²) < 4.78 is 10.4. The zero-order valence-electron chi connectivity index (χ0n) is 13.0. The molecule has 0 aliphatic carbocycles. The molecule has 5 nitrogen and oxygen atoms in total. The predicted molar refractivity (Wildman–Crippen MR) is 80.9 cm³/mol. The van der Waals surface area contributed by atoms with Gasteiger partial charge in [-0.2, -0.15) is 0 Å². The minimum Gasteiger partial charge on any atom is -0.472 e. The van der Waals surface area contributed by atoms with Crippen molar-refractivity contribution in [1.29, 1.82) is 0 Å². The minimum absolute atomic E-state index is 0.232. The monoisotopic (exact) mass is 292 g/mol. The van der Waals surface area contributed by atoms with Crippen molar-refractivity contribution in [2.75, 3.05) is 19.6 Å². The molecule has 1 aromatic rings. The van der Waals surface area contributed by atoms with Crippen molar-refractivity contribution in [3.63, 3.8) is 0 Å². The van der Waals surface area contributed by atoms with Crippen LogP contribution < -0.4 is 5.32 Å². The molecule has 0 radical (unpaired) electrons. The van der Waals surface area contributed by atoms with Gasteiger partial charge in [0.15, 0.2) is 0 Å². The number of carbonyl (C=O) groups excluding carboxylic acids is 1. The van der Waals surface area contributed by atoms with E-state index in [1.807, 2.05) is 26.8 Å². The Balaban J connectivity index is 1.73. The number of amides is 1. The van der Waals surface area contributed by atoms with Crippen LogP contribution in [0.15, 0.2) is 34.7 Å². The number of hydrogen-bond donors (Lipinski definition) is 1. The average Bonchev–Trinajstić information content (AvgIpc) is 2.91. The van der Waals surface area contributed by atoms with Crippen LogP contribution in [0.4, 0.5) is 4.79 Å². The number of carbonyl (C=O) groups is 1. The molecule has 0 aromatic carbocycles. The standard InChI is InChI=1S/C16H24N2O3/c1-16(2,3)21-15(19)18-7-4-13(5-8-18)10-17-11-14-6-9-20-12-14/h4,6,9,12,17H,5,7-8,10-11H2,1-3H3. The van der Waals surface area contributed by atoms with Crippen molar-refractivity contribution in [1.82, 2.24) is 10.2 Å². The molecule has 2 heterocycles. The van der Waals surface area contributed by atoms with Crippen molar-refractivity contribution in [2.45, 2.75) is 39.3 Å². The van der Waals surface area contributed by atoms with Gasteiger partial charge < -0.3 is 19.4 Å². The van der Waals surface area contributed by atoms with Gasteiger partial charge >= 0.3 is 6.09 Å². The average molecular weight is 292 g/mol. The van der Waals surface area contributed by atoms with E-state index in [9.17, 15) is 4.79 Å². The van der Waals surface area contributed by atoms with E-state index in [-0.39, 0.29) is 6.09 Å². The molecular formula is C16H24N2O3. The van der Waals surface area contributed by atoms with E-state index in [1.54, 1.807) is 17.4 Å². The van der Waals surface area contributed by atoms with Crippen molar-refractivity contribution < 1.29 is 13.9 Å². The molecule has 0 fully saturated rings. The van der Waals surface area contributed by atoms with Gasteiger partial charge in [0.2, 0.25) is 0 Å². The van der Waals surface area contributed by atoms with Crippen LogP contribution in [0.3, 0.4) is 0 Å². The van der Waals surface area contributed by atoms with Crippen molar-refractivity contribution >= 4 is 6.09 Å². The summed E-state index contributed by atoms with van der Waals surface area (Å²) in [6, 6.07) is 1.95. The normalized spacial score (nSPS) is 15.8. The summed E-state index contributed by atoms with van der Waals surface area (Å²) in [5.41, 5.74) is 2.04. The van der Waals surface area contributed by atoms with E-state index in [0.29, 0.717) is 13.1 Å². The van der Waals surface area contributed by atoms with Gasteiger partial charge in [-0.05, 0) is 33.3 Å². The third-order valence-corrected chi connectivity index (χ3v) is 3.22. The highest BCUT2D eigenvalue weighted by Crippen LogP contribution is 2.15. The Morgan fingerprint density at radius 3 is 2.81 bits per heavy atom. The minimum atomic E-state index is -0.437. The van der Waals surface area contributed by atoms with E-state index >= 15 is 0 Å². The van der Waals surface area contributed by atoms with E-state index in [1.165, 1.54) is 5.57 Å². The fourth-order valence-corrected chi connectivity index (χ4v) is 2.12. The Hall–Kier alpha value is -1.75. The molecule has 0 spiro atoms. The molecule has 0 atom stereocenters. The fraction of sp³-hybridized carbons (Fsp3) is 0.562. The summed E-state index contributed by atoms with van der Waals surface area (Å²) in [6.45, 7) is 8.63. The van der Waals surface area contributed by atoms with Crippen LogP contribution in [-0.4, -0.2) is 36.2 Å².